The summed E-state index contributed by atoms with van der Waals surface area (Å²) >= 11 is 0. The molecule has 0 aliphatic rings. The van der Waals surface area contributed by atoms with E-state index in [1.807, 2.05) is 0 Å². The Morgan fingerprint density at radius 2 is 1.79 bits per heavy atom. The van der Waals surface area contributed by atoms with Gasteiger partial charge in [0.2, 0.25) is 0 Å². The molecule has 0 aliphatic heterocycles. The van der Waals surface area contributed by atoms with Gasteiger partial charge in [0.15, 0.2) is 0 Å². The molecule has 0 radical (unpaired) electrons. The molecule has 74 valence electrons. The van der Waals surface area contributed by atoms with E-state index in [0.29, 0.717) is 0 Å². The van der Waals surface area contributed by atoms with Gasteiger partial charge in [-0.05, 0) is 17.7 Å². The Hall–Kier alpha value is -1.71. The van der Waals surface area contributed by atoms with Gasteiger partial charge < -0.3 is 5.11 Å². The molecule has 0 aromatic heterocycles. The Balaban J connectivity index is 2.87. The maximum atomic E-state index is 12.7. The molecule has 0 spiro atoms. The van der Waals surface area contributed by atoms with Gasteiger partial charge >= 0.3 is 5.97 Å². The molecule has 0 saturated heterocycles. The predicted octanol–water partition coefficient (Wildman–Crippen LogP) is 2.15. The van der Waals surface area contributed by atoms with Crippen molar-refractivity contribution < 1.29 is 18.7 Å². The van der Waals surface area contributed by atoms with Gasteiger partial charge in [-0.2, -0.15) is 0 Å². The zero-order chi connectivity index (χ0) is 10.7. The van der Waals surface area contributed by atoms with Crippen molar-refractivity contribution in [2.24, 2.45) is 0 Å². The largest absolute Gasteiger partial charge is 0.478 e. The average Bonchev–Trinajstić information content (AvgIpc) is 2.01. The average molecular weight is 198 g/mol. The number of hydrogen-bond acceptors (Lipinski definition) is 1. The fourth-order valence-corrected chi connectivity index (χ4v) is 1.04. The molecular formula is C10H8F2O2. The molecule has 2 nitrogen and oxygen atoms in total. The van der Waals surface area contributed by atoms with Crippen LogP contribution in [0.1, 0.15) is 5.56 Å². The molecule has 14 heavy (non-hydrogen) atoms. The van der Waals surface area contributed by atoms with Crippen LogP contribution in [0.5, 0.6) is 0 Å². The maximum absolute atomic E-state index is 12.7. The molecule has 0 atom stereocenters. The number of hydrogen-bond donors (Lipinski definition) is 1. The highest BCUT2D eigenvalue weighted by Gasteiger charge is 2.07. The van der Waals surface area contributed by atoms with Gasteiger partial charge in [-0.25, -0.2) is 13.6 Å². The van der Waals surface area contributed by atoms with Crippen LogP contribution in [0.15, 0.2) is 30.4 Å². The van der Waals surface area contributed by atoms with Crippen LogP contribution in [0.2, 0.25) is 0 Å². The van der Waals surface area contributed by atoms with E-state index in [9.17, 15) is 13.6 Å². The molecular weight excluding hydrogens is 190 g/mol. The standard InChI is InChI=1S/C10H8F2O2/c1-6(10(13)14)2-7-3-8(11)5-9(12)4-7/h3-5H,1-2H2,(H,13,14). The highest BCUT2D eigenvalue weighted by Crippen LogP contribution is 2.11. The van der Waals surface area contributed by atoms with Crippen molar-refractivity contribution in [3.05, 3.63) is 47.5 Å². The van der Waals surface area contributed by atoms with Crippen molar-refractivity contribution in [3.63, 3.8) is 0 Å². The number of carbonyl (C=O) groups is 1. The molecule has 0 aliphatic carbocycles. The normalized spacial score (nSPS) is 9.86. The van der Waals surface area contributed by atoms with Gasteiger partial charge in [-0.3, -0.25) is 0 Å². The van der Waals surface area contributed by atoms with Gasteiger partial charge in [0.1, 0.15) is 11.6 Å². The molecule has 4 heteroatoms. The minimum atomic E-state index is -1.17. The molecule has 1 rings (SSSR count). The first-order valence-electron chi connectivity index (χ1n) is 3.85. The third-order valence-electron chi connectivity index (χ3n) is 1.64. The monoisotopic (exact) mass is 198 g/mol. The van der Waals surface area contributed by atoms with Crippen molar-refractivity contribution in [1.29, 1.82) is 0 Å². The van der Waals surface area contributed by atoms with Crippen LogP contribution in [-0.4, -0.2) is 11.1 Å². The Morgan fingerprint density at radius 3 is 2.21 bits per heavy atom. The Bertz CT molecular complexity index is 365. The molecule has 0 bridgehead atoms. The van der Waals surface area contributed by atoms with Gasteiger partial charge in [0.25, 0.3) is 0 Å². The van der Waals surface area contributed by atoms with E-state index >= 15 is 0 Å². The summed E-state index contributed by atoms with van der Waals surface area (Å²) in [5.74, 6) is -2.62. The van der Waals surface area contributed by atoms with Gasteiger partial charge in [-0.15, -0.1) is 0 Å². The second kappa shape index (κ2) is 4.00. The summed E-state index contributed by atoms with van der Waals surface area (Å²) in [5.41, 5.74) is 0.157. The lowest BCUT2D eigenvalue weighted by Gasteiger charge is -2.01. The lowest BCUT2D eigenvalue weighted by Crippen LogP contribution is -2.02. The fourth-order valence-electron chi connectivity index (χ4n) is 1.04. The minimum Gasteiger partial charge on any atom is -0.478 e. The number of rotatable bonds is 3. The third kappa shape index (κ3) is 2.65. The number of halogens is 2. The number of benzene rings is 1. The van der Waals surface area contributed by atoms with E-state index in [4.69, 9.17) is 5.11 Å². The van der Waals surface area contributed by atoms with Crippen molar-refractivity contribution in [3.8, 4) is 0 Å². The van der Waals surface area contributed by atoms with E-state index in [1.54, 1.807) is 0 Å². The van der Waals surface area contributed by atoms with Crippen LogP contribution in [0.4, 0.5) is 8.78 Å². The Labute approximate surface area is 79.5 Å². The van der Waals surface area contributed by atoms with Crippen molar-refractivity contribution in [2.45, 2.75) is 6.42 Å². The van der Waals surface area contributed by atoms with Crippen molar-refractivity contribution in [1.82, 2.24) is 0 Å². The van der Waals surface area contributed by atoms with Gasteiger partial charge in [-0.1, -0.05) is 6.58 Å². The molecule has 1 aromatic carbocycles. The summed E-state index contributed by atoms with van der Waals surface area (Å²) in [4.78, 5) is 10.4. The molecule has 0 amide bonds. The molecule has 0 fully saturated rings. The highest BCUT2D eigenvalue weighted by atomic mass is 19.1. The molecule has 0 heterocycles. The summed E-state index contributed by atoms with van der Waals surface area (Å²) in [7, 11) is 0. The van der Waals surface area contributed by atoms with E-state index in [1.165, 1.54) is 0 Å². The Morgan fingerprint density at radius 1 is 1.29 bits per heavy atom. The van der Waals surface area contributed by atoms with Gasteiger partial charge in [0, 0.05) is 18.1 Å². The Kier molecular flexibility index (Phi) is 2.96. The summed E-state index contributed by atoms with van der Waals surface area (Å²) in [5, 5.41) is 8.49. The summed E-state index contributed by atoms with van der Waals surface area (Å²) in [6.07, 6.45) is -0.0655. The topological polar surface area (TPSA) is 37.3 Å². The van der Waals surface area contributed by atoms with E-state index < -0.39 is 17.6 Å². The zero-order valence-electron chi connectivity index (χ0n) is 7.26. The number of carboxylic acid groups (broad SMARTS) is 1. The van der Waals surface area contributed by atoms with Crippen LogP contribution >= 0.6 is 0 Å². The number of aliphatic carboxylic acids is 1. The first-order chi connectivity index (χ1) is 6.49. The molecule has 0 saturated carbocycles. The predicted molar refractivity (Wildman–Crippen MR) is 46.8 cm³/mol. The summed E-state index contributed by atoms with van der Waals surface area (Å²) in [6, 6.07) is 2.89. The second-order valence-electron chi connectivity index (χ2n) is 2.86. The summed E-state index contributed by atoms with van der Waals surface area (Å²) in [6.45, 7) is 3.26. The van der Waals surface area contributed by atoms with E-state index in [0.717, 1.165) is 18.2 Å². The van der Waals surface area contributed by atoms with Crippen LogP contribution in [0, 0.1) is 11.6 Å². The van der Waals surface area contributed by atoms with Crippen LogP contribution in [-0.2, 0) is 11.2 Å². The summed E-state index contributed by atoms with van der Waals surface area (Å²) < 4.78 is 25.3. The first kappa shape index (κ1) is 10.4. The SMILES string of the molecule is C=C(Cc1cc(F)cc(F)c1)C(=O)O. The molecule has 1 N–H and O–H groups in total. The maximum Gasteiger partial charge on any atom is 0.331 e. The number of carboxylic acids is 1. The van der Waals surface area contributed by atoms with Crippen molar-refractivity contribution >= 4 is 5.97 Å². The highest BCUT2D eigenvalue weighted by molar-refractivity contribution is 5.86. The van der Waals surface area contributed by atoms with Gasteiger partial charge in [0.05, 0.1) is 0 Å². The second-order valence-corrected chi connectivity index (χ2v) is 2.86. The third-order valence-corrected chi connectivity index (χ3v) is 1.64. The first-order valence-corrected chi connectivity index (χ1v) is 3.85. The smallest absolute Gasteiger partial charge is 0.331 e. The van der Waals surface area contributed by atoms with E-state index in [2.05, 4.69) is 6.58 Å². The molecule has 0 unspecified atom stereocenters. The minimum absolute atomic E-state index is 0.0655. The molecule has 1 aromatic rings. The zero-order valence-corrected chi connectivity index (χ0v) is 7.26. The lowest BCUT2D eigenvalue weighted by atomic mass is 10.1. The lowest BCUT2D eigenvalue weighted by molar-refractivity contribution is -0.132. The van der Waals surface area contributed by atoms with Crippen LogP contribution < -0.4 is 0 Å². The van der Waals surface area contributed by atoms with Crippen LogP contribution in [0.25, 0.3) is 0 Å². The quantitative estimate of drug-likeness (QED) is 0.755. The van der Waals surface area contributed by atoms with Crippen molar-refractivity contribution in [2.75, 3.05) is 0 Å². The fraction of sp³-hybridized carbons (Fsp3) is 0.100. The van der Waals surface area contributed by atoms with E-state index in [-0.39, 0.29) is 17.6 Å². The van der Waals surface area contributed by atoms with Crippen LogP contribution in [0.3, 0.4) is 0 Å².